The number of hydrogen-bond donors (Lipinski definition) is 1. The van der Waals surface area contributed by atoms with Crippen molar-refractivity contribution in [3.63, 3.8) is 0 Å². The topological polar surface area (TPSA) is 58.6 Å². The standard InChI is InChI=1S/C24H24N2O3S2/c1-2-29-20-15-13-19(14-16-20)25-22(27)12-7-17-26-23(28)21(31-24(26)30)11-6-10-18-8-4-3-5-9-18/h3-6,8-11,13-16H,2,7,12,17H2,1H3,(H,25,27). The van der Waals surface area contributed by atoms with Crippen molar-refractivity contribution in [1.82, 2.24) is 4.90 Å². The van der Waals surface area contributed by atoms with Crippen molar-refractivity contribution >= 4 is 51.9 Å². The largest absolute Gasteiger partial charge is 0.494 e. The highest BCUT2D eigenvalue weighted by molar-refractivity contribution is 8.26. The van der Waals surface area contributed by atoms with Gasteiger partial charge in [0, 0.05) is 18.7 Å². The van der Waals surface area contributed by atoms with Gasteiger partial charge in [-0.3, -0.25) is 14.5 Å². The minimum Gasteiger partial charge on any atom is -0.494 e. The summed E-state index contributed by atoms with van der Waals surface area (Å²) in [6.45, 7) is 2.94. The van der Waals surface area contributed by atoms with Crippen molar-refractivity contribution in [3.05, 3.63) is 77.2 Å². The van der Waals surface area contributed by atoms with E-state index < -0.39 is 0 Å². The molecule has 0 bridgehead atoms. The number of benzene rings is 2. The molecule has 0 spiro atoms. The number of rotatable bonds is 9. The molecule has 1 heterocycles. The average molecular weight is 453 g/mol. The van der Waals surface area contributed by atoms with Crippen molar-refractivity contribution in [2.24, 2.45) is 0 Å². The molecule has 0 aromatic heterocycles. The summed E-state index contributed by atoms with van der Waals surface area (Å²) in [6, 6.07) is 17.1. The van der Waals surface area contributed by atoms with Crippen LogP contribution < -0.4 is 10.1 Å². The number of allylic oxidation sites excluding steroid dienone is 2. The summed E-state index contributed by atoms with van der Waals surface area (Å²) in [5, 5.41) is 2.85. The quantitative estimate of drug-likeness (QED) is 0.415. The molecule has 1 fully saturated rings. The van der Waals surface area contributed by atoms with E-state index in [-0.39, 0.29) is 11.8 Å². The molecule has 1 aliphatic rings. The van der Waals surface area contributed by atoms with Crippen LogP contribution in [-0.2, 0) is 9.59 Å². The molecule has 0 radical (unpaired) electrons. The summed E-state index contributed by atoms with van der Waals surface area (Å²) in [6.07, 6.45) is 6.41. The third-order valence-electron chi connectivity index (χ3n) is 4.44. The second kappa shape index (κ2) is 11.5. The van der Waals surface area contributed by atoms with Crippen LogP contribution in [0.15, 0.2) is 71.7 Å². The number of carbonyl (C=O) groups is 2. The fourth-order valence-corrected chi connectivity index (χ4v) is 4.20. The van der Waals surface area contributed by atoms with Crippen molar-refractivity contribution in [2.45, 2.75) is 19.8 Å². The van der Waals surface area contributed by atoms with Gasteiger partial charge in [-0.15, -0.1) is 0 Å². The lowest BCUT2D eigenvalue weighted by Gasteiger charge is -2.14. The summed E-state index contributed by atoms with van der Waals surface area (Å²) in [7, 11) is 0. The monoisotopic (exact) mass is 452 g/mol. The highest BCUT2D eigenvalue weighted by Gasteiger charge is 2.31. The number of nitrogens with zero attached hydrogens (tertiary/aromatic N) is 1. The van der Waals surface area contributed by atoms with Crippen LogP contribution in [0.4, 0.5) is 5.69 Å². The lowest BCUT2D eigenvalue weighted by atomic mass is 10.2. The molecule has 2 amide bonds. The second-order valence-electron chi connectivity index (χ2n) is 6.73. The van der Waals surface area contributed by atoms with Crippen LogP contribution in [0.25, 0.3) is 6.08 Å². The van der Waals surface area contributed by atoms with Gasteiger partial charge in [-0.25, -0.2) is 0 Å². The predicted molar refractivity (Wildman–Crippen MR) is 131 cm³/mol. The van der Waals surface area contributed by atoms with Crippen molar-refractivity contribution in [1.29, 1.82) is 0 Å². The van der Waals surface area contributed by atoms with E-state index >= 15 is 0 Å². The normalized spacial score (nSPS) is 15.1. The van der Waals surface area contributed by atoms with Gasteiger partial charge in [-0.2, -0.15) is 0 Å². The fourth-order valence-electron chi connectivity index (χ4n) is 2.94. The molecule has 2 aromatic carbocycles. The lowest BCUT2D eigenvalue weighted by Crippen LogP contribution is -2.29. The van der Waals surface area contributed by atoms with Crippen LogP contribution >= 0.6 is 24.0 Å². The molecule has 0 aliphatic carbocycles. The van der Waals surface area contributed by atoms with Crippen molar-refractivity contribution < 1.29 is 14.3 Å². The van der Waals surface area contributed by atoms with Gasteiger partial charge < -0.3 is 10.1 Å². The van der Waals surface area contributed by atoms with Crippen LogP contribution in [0.5, 0.6) is 5.75 Å². The third kappa shape index (κ3) is 6.80. The van der Waals surface area contributed by atoms with E-state index in [0.717, 1.165) is 11.3 Å². The maximum atomic E-state index is 12.6. The number of ether oxygens (including phenoxy) is 1. The molecule has 3 rings (SSSR count). The highest BCUT2D eigenvalue weighted by Crippen LogP contribution is 2.31. The maximum absolute atomic E-state index is 12.6. The zero-order valence-corrected chi connectivity index (χ0v) is 18.9. The van der Waals surface area contributed by atoms with Crippen LogP contribution in [0, 0.1) is 0 Å². The van der Waals surface area contributed by atoms with Gasteiger partial charge in [0.15, 0.2) is 0 Å². The minimum atomic E-state index is -0.111. The third-order valence-corrected chi connectivity index (χ3v) is 5.84. The summed E-state index contributed by atoms with van der Waals surface area (Å²) < 4.78 is 5.91. The Hall–Kier alpha value is -2.90. The van der Waals surface area contributed by atoms with Crippen LogP contribution in [0.1, 0.15) is 25.3 Å². The zero-order chi connectivity index (χ0) is 22.1. The van der Waals surface area contributed by atoms with Crippen molar-refractivity contribution in [2.75, 3.05) is 18.5 Å². The molecule has 160 valence electrons. The van der Waals surface area contributed by atoms with Crippen molar-refractivity contribution in [3.8, 4) is 5.75 Å². The first kappa shape index (κ1) is 22.8. The minimum absolute atomic E-state index is 0.101. The molecular formula is C24H24N2O3S2. The molecule has 2 aromatic rings. The second-order valence-corrected chi connectivity index (χ2v) is 8.41. The number of thioether (sulfide) groups is 1. The van der Waals surface area contributed by atoms with E-state index in [1.54, 1.807) is 23.1 Å². The van der Waals surface area contributed by atoms with Gasteiger partial charge >= 0.3 is 0 Å². The van der Waals surface area contributed by atoms with Crippen LogP contribution in [0.2, 0.25) is 0 Å². The first-order valence-electron chi connectivity index (χ1n) is 10.1. The molecule has 31 heavy (non-hydrogen) atoms. The van der Waals surface area contributed by atoms with Crippen LogP contribution in [0.3, 0.4) is 0 Å². The summed E-state index contributed by atoms with van der Waals surface area (Å²) in [4.78, 5) is 27.0. The van der Waals surface area contributed by atoms with E-state index in [9.17, 15) is 9.59 Å². The van der Waals surface area contributed by atoms with Gasteiger partial charge in [0.05, 0.1) is 11.5 Å². The molecule has 5 nitrogen and oxygen atoms in total. The van der Waals surface area contributed by atoms with E-state index in [0.29, 0.717) is 40.9 Å². The average Bonchev–Trinajstić information content (AvgIpc) is 3.04. The molecule has 7 heteroatoms. The molecule has 0 atom stereocenters. The predicted octanol–water partition coefficient (Wildman–Crippen LogP) is 5.26. The SMILES string of the molecule is CCOc1ccc(NC(=O)CCCN2C(=O)C(=CC=Cc3ccccc3)SC2=S)cc1. The fraction of sp³-hybridized carbons (Fsp3) is 0.208. The Balaban J connectivity index is 1.46. The zero-order valence-electron chi connectivity index (χ0n) is 17.2. The van der Waals surface area contributed by atoms with E-state index in [1.165, 1.54) is 11.8 Å². The van der Waals surface area contributed by atoms with E-state index in [4.69, 9.17) is 17.0 Å². The number of nitrogens with one attached hydrogen (secondary N) is 1. The van der Waals surface area contributed by atoms with Gasteiger partial charge in [0.2, 0.25) is 5.91 Å². The Labute approximate surface area is 192 Å². The van der Waals surface area contributed by atoms with Gasteiger partial charge in [0.1, 0.15) is 10.1 Å². The number of carbonyl (C=O) groups excluding carboxylic acids is 2. The van der Waals surface area contributed by atoms with Gasteiger partial charge in [-0.05, 0) is 49.2 Å². The highest BCUT2D eigenvalue weighted by atomic mass is 32.2. The Morgan fingerprint density at radius 1 is 1.16 bits per heavy atom. The molecule has 1 saturated heterocycles. The molecule has 0 saturated carbocycles. The number of thiocarbonyl (C=S) groups is 1. The molecule has 1 aliphatic heterocycles. The van der Waals surface area contributed by atoms with Crippen LogP contribution in [-0.4, -0.2) is 34.2 Å². The summed E-state index contributed by atoms with van der Waals surface area (Å²) in [5.74, 6) is 0.553. The lowest BCUT2D eigenvalue weighted by molar-refractivity contribution is -0.122. The number of hydrogen-bond acceptors (Lipinski definition) is 5. The Bertz CT molecular complexity index is 986. The van der Waals surface area contributed by atoms with E-state index in [1.807, 2.05) is 61.5 Å². The Kier molecular flexibility index (Phi) is 8.44. The first-order valence-corrected chi connectivity index (χ1v) is 11.3. The number of anilines is 1. The van der Waals surface area contributed by atoms with Gasteiger partial charge in [0.25, 0.3) is 5.91 Å². The summed E-state index contributed by atoms with van der Waals surface area (Å²) >= 11 is 6.64. The Morgan fingerprint density at radius 2 is 1.90 bits per heavy atom. The first-order chi connectivity index (χ1) is 15.1. The molecule has 0 unspecified atom stereocenters. The van der Waals surface area contributed by atoms with Gasteiger partial charge in [-0.1, -0.05) is 66.5 Å². The summed E-state index contributed by atoms with van der Waals surface area (Å²) in [5.41, 5.74) is 1.78. The smallest absolute Gasteiger partial charge is 0.266 e. The van der Waals surface area contributed by atoms with E-state index in [2.05, 4.69) is 5.32 Å². The molecular weight excluding hydrogens is 428 g/mol. The maximum Gasteiger partial charge on any atom is 0.266 e. The number of amides is 2. The Morgan fingerprint density at radius 3 is 2.61 bits per heavy atom. The molecule has 1 N–H and O–H groups in total.